The predicted molar refractivity (Wildman–Crippen MR) is 143 cm³/mol. The van der Waals surface area contributed by atoms with Gasteiger partial charge in [0.05, 0.1) is 11.0 Å². The first-order valence-corrected chi connectivity index (χ1v) is 11.9. The average Bonchev–Trinajstić information content (AvgIpc) is 3.19. The van der Waals surface area contributed by atoms with Crippen LogP contribution in [0.3, 0.4) is 0 Å². The monoisotopic (exact) mass is 503 g/mol. The number of carbonyl (C=O) groups excluding carboxylic acids is 1. The molecule has 2 N–H and O–H groups in total. The van der Waals surface area contributed by atoms with Crippen molar-refractivity contribution in [1.29, 1.82) is 0 Å². The molecule has 0 aliphatic rings. The number of amides is 1. The second-order valence-electron chi connectivity index (χ2n) is 8.42. The Hall–Kier alpha value is -3.89. The predicted octanol–water partition coefficient (Wildman–Crippen LogP) is 7.32. The van der Waals surface area contributed by atoms with Crippen LogP contribution in [-0.2, 0) is 6.54 Å². The molecule has 0 aliphatic heterocycles. The number of hydrogen-bond acceptors (Lipinski definition) is 1. The third-order valence-corrected chi connectivity index (χ3v) is 7.38. The van der Waals surface area contributed by atoms with E-state index in [2.05, 4.69) is 75.1 Å². The number of nitrogens with zero attached hydrogens (tertiary/aromatic N) is 1. The number of nitrogens with two attached hydrogens (primary N) is 1. The molecular formula is C30H20BrN2O. The SMILES string of the molecule is NC(=O)c1cccc2c1c1[c]cc(-c3ccccc3)cc1n2Cc1ccc2ccccc2c1Br. The van der Waals surface area contributed by atoms with Gasteiger partial charge in [0.15, 0.2) is 0 Å². The number of primary amides is 1. The molecule has 1 aromatic heterocycles. The molecule has 1 heterocycles. The Labute approximate surface area is 205 Å². The van der Waals surface area contributed by atoms with Gasteiger partial charge in [0.1, 0.15) is 0 Å². The summed E-state index contributed by atoms with van der Waals surface area (Å²) in [7, 11) is 0. The Morgan fingerprint density at radius 2 is 1.65 bits per heavy atom. The maximum atomic E-state index is 12.3. The summed E-state index contributed by atoms with van der Waals surface area (Å²) in [6.07, 6.45) is 0. The lowest BCUT2D eigenvalue weighted by atomic mass is 10.0. The lowest BCUT2D eigenvalue weighted by Gasteiger charge is -2.12. The second kappa shape index (κ2) is 8.15. The van der Waals surface area contributed by atoms with E-state index in [-0.39, 0.29) is 0 Å². The van der Waals surface area contributed by atoms with E-state index < -0.39 is 5.91 Å². The number of halogens is 1. The summed E-state index contributed by atoms with van der Waals surface area (Å²) < 4.78 is 3.34. The van der Waals surface area contributed by atoms with Gasteiger partial charge in [-0.2, -0.15) is 0 Å². The van der Waals surface area contributed by atoms with Crippen LogP contribution in [0.2, 0.25) is 0 Å². The second-order valence-corrected chi connectivity index (χ2v) is 9.22. The van der Waals surface area contributed by atoms with Gasteiger partial charge >= 0.3 is 0 Å². The molecule has 4 heteroatoms. The van der Waals surface area contributed by atoms with Crippen LogP contribution >= 0.6 is 15.9 Å². The van der Waals surface area contributed by atoms with E-state index in [9.17, 15) is 4.79 Å². The largest absolute Gasteiger partial charge is 0.366 e. The fourth-order valence-electron chi connectivity index (χ4n) is 4.80. The number of carbonyl (C=O) groups is 1. The van der Waals surface area contributed by atoms with Crippen molar-refractivity contribution in [2.75, 3.05) is 0 Å². The zero-order valence-electron chi connectivity index (χ0n) is 18.3. The van der Waals surface area contributed by atoms with Gasteiger partial charge in [0.25, 0.3) is 0 Å². The summed E-state index contributed by atoms with van der Waals surface area (Å²) in [5.74, 6) is -0.433. The normalized spacial score (nSPS) is 11.4. The van der Waals surface area contributed by atoms with Gasteiger partial charge in [-0.1, -0.05) is 72.8 Å². The molecule has 0 atom stereocenters. The van der Waals surface area contributed by atoms with E-state index in [1.54, 1.807) is 6.07 Å². The standard InChI is InChI=1S/C30H20BrN2O/c31-29-22(14-13-20-9-4-5-10-23(20)29)18-33-26-12-6-11-25(30(32)34)28(26)24-16-15-21(17-27(24)33)19-7-2-1-3-8-19/h1-15,17H,18H2,(H2,32,34). The summed E-state index contributed by atoms with van der Waals surface area (Å²) in [5.41, 5.74) is 11.6. The zero-order chi connectivity index (χ0) is 23.2. The van der Waals surface area contributed by atoms with Crippen LogP contribution in [-0.4, -0.2) is 10.5 Å². The molecule has 34 heavy (non-hydrogen) atoms. The van der Waals surface area contributed by atoms with Crippen LogP contribution < -0.4 is 5.73 Å². The van der Waals surface area contributed by atoms with Gasteiger partial charge in [-0.25, -0.2) is 0 Å². The van der Waals surface area contributed by atoms with E-state index >= 15 is 0 Å². The van der Waals surface area contributed by atoms with Gasteiger partial charge in [0.2, 0.25) is 5.91 Å². The summed E-state index contributed by atoms with van der Waals surface area (Å²) >= 11 is 3.85. The van der Waals surface area contributed by atoms with Crippen molar-refractivity contribution in [2.45, 2.75) is 6.54 Å². The summed E-state index contributed by atoms with van der Waals surface area (Å²) in [5, 5.41) is 4.12. The fraction of sp³-hybridized carbons (Fsp3) is 0.0333. The maximum Gasteiger partial charge on any atom is 0.249 e. The minimum Gasteiger partial charge on any atom is -0.366 e. The lowest BCUT2D eigenvalue weighted by Crippen LogP contribution is -2.11. The van der Waals surface area contributed by atoms with Crippen molar-refractivity contribution in [3.8, 4) is 11.1 Å². The van der Waals surface area contributed by atoms with Gasteiger partial charge < -0.3 is 10.3 Å². The number of hydrogen-bond donors (Lipinski definition) is 1. The summed E-state index contributed by atoms with van der Waals surface area (Å²) in [6, 6.07) is 36.3. The first-order chi connectivity index (χ1) is 16.6. The van der Waals surface area contributed by atoms with Crippen LogP contribution in [0.5, 0.6) is 0 Å². The minimum absolute atomic E-state index is 0.433. The molecule has 0 fully saturated rings. The number of aromatic nitrogens is 1. The molecule has 6 rings (SSSR count). The van der Waals surface area contributed by atoms with Gasteiger partial charge in [0, 0.05) is 27.4 Å². The Morgan fingerprint density at radius 3 is 2.47 bits per heavy atom. The fourth-order valence-corrected chi connectivity index (χ4v) is 5.42. The average molecular weight is 504 g/mol. The molecular weight excluding hydrogens is 484 g/mol. The summed E-state index contributed by atoms with van der Waals surface area (Å²) in [6.45, 7) is 0.639. The summed E-state index contributed by atoms with van der Waals surface area (Å²) in [4.78, 5) is 12.3. The van der Waals surface area contributed by atoms with Crippen LogP contribution in [0.25, 0.3) is 43.7 Å². The highest BCUT2D eigenvalue weighted by Crippen LogP contribution is 2.36. The molecule has 0 saturated carbocycles. The maximum absolute atomic E-state index is 12.3. The van der Waals surface area contributed by atoms with E-state index in [1.807, 2.05) is 42.5 Å². The number of rotatable bonds is 4. The number of benzene rings is 5. The van der Waals surface area contributed by atoms with Crippen molar-refractivity contribution >= 4 is 54.4 Å². The van der Waals surface area contributed by atoms with Crippen LogP contribution in [0.4, 0.5) is 0 Å². The molecule has 0 aliphatic carbocycles. The third kappa shape index (κ3) is 3.30. The van der Waals surface area contributed by atoms with Crippen molar-refractivity contribution in [3.63, 3.8) is 0 Å². The quantitative estimate of drug-likeness (QED) is 0.269. The van der Waals surface area contributed by atoms with Crippen molar-refractivity contribution in [2.24, 2.45) is 5.73 Å². The highest BCUT2D eigenvalue weighted by Gasteiger charge is 2.18. The molecule has 0 bridgehead atoms. The smallest absolute Gasteiger partial charge is 0.249 e. The molecule has 5 aromatic carbocycles. The van der Waals surface area contributed by atoms with Crippen LogP contribution in [0, 0.1) is 6.07 Å². The molecule has 0 spiro atoms. The van der Waals surface area contributed by atoms with E-state index in [4.69, 9.17) is 5.73 Å². The Bertz CT molecular complexity index is 1720. The Kier molecular flexibility index (Phi) is 4.96. The molecule has 0 unspecified atom stereocenters. The van der Waals surface area contributed by atoms with Gasteiger partial charge in [-0.3, -0.25) is 4.79 Å². The van der Waals surface area contributed by atoms with E-state index in [0.29, 0.717) is 12.1 Å². The Balaban J connectivity index is 1.63. The molecule has 1 amide bonds. The number of fused-ring (bicyclic) bond motifs is 4. The first-order valence-electron chi connectivity index (χ1n) is 11.1. The first kappa shape index (κ1) is 20.7. The highest BCUT2D eigenvalue weighted by atomic mass is 79.9. The Morgan fingerprint density at radius 1 is 0.853 bits per heavy atom. The topological polar surface area (TPSA) is 48.0 Å². The molecule has 1 radical (unpaired) electrons. The van der Waals surface area contributed by atoms with Crippen molar-refractivity contribution < 1.29 is 4.79 Å². The third-order valence-electron chi connectivity index (χ3n) is 6.44. The van der Waals surface area contributed by atoms with Crippen LogP contribution in [0.15, 0.2) is 102 Å². The molecule has 0 saturated heterocycles. The van der Waals surface area contributed by atoms with Crippen LogP contribution in [0.1, 0.15) is 15.9 Å². The van der Waals surface area contributed by atoms with E-state index in [1.165, 1.54) is 10.8 Å². The zero-order valence-corrected chi connectivity index (χ0v) is 19.8. The van der Waals surface area contributed by atoms with Gasteiger partial charge in [-0.15, -0.1) is 0 Å². The van der Waals surface area contributed by atoms with Gasteiger partial charge in [-0.05, 0) is 73.7 Å². The minimum atomic E-state index is -0.433. The van der Waals surface area contributed by atoms with Crippen molar-refractivity contribution in [1.82, 2.24) is 4.57 Å². The van der Waals surface area contributed by atoms with Crippen molar-refractivity contribution in [3.05, 3.63) is 119 Å². The molecule has 3 nitrogen and oxygen atoms in total. The van der Waals surface area contributed by atoms with E-state index in [0.717, 1.165) is 43.0 Å². The molecule has 163 valence electrons. The lowest BCUT2D eigenvalue weighted by molar-refractivity contribution is 0.100. The molecule has 6 aromatic rings. The highest BCUT2D eigenvalue weighted by molar-refractivity contribution is 9.10.